The van der Waals surface area contributed by atoms with Crippen LogP contribution in [0.5, 0.6) is 0 Å². The van der Waals surface area contributed by atoms with Gasteiger partial charge in [-0.2, -0.15) is 0 Å². The highest BCUT2D eigenvalue weighted by atomic mass is 16.6. The molecule has 18 heavy (non-hydrogen) atoms. The van der Waals surface area contributed by atoms with E-state index in [4.69, 9.17) is 4.74 Å². The SMILES string of the molecule is CC1CC1C(=O)N[C@@H](C(=O)OC(C)(C)C)C(C)C. The van der Waals surface area contributed by atoms with Crippen molar-refractivity contribution in [2.75, 3.05) is 0 Å². The van der Waals surface area contributed by atoms with E-state index in [2.05, 4.69) is 5.32 Å². The molecular formula is C14H25NO3. The standard InChI is InChI=1S/C14H25NO3/c1-8(2)11(13(17)18-14(4,5)6)15-12(16)10-7-9(10)3/h8-11H,7H2,1-6H3,(H,15,16)/t9?,10?,11-/m1/s1. The van der Waals surface area contributed by atoms with Crippen molar-refractivity contribution in [2.24, 2.45) is 17.8 Å². The Morgan fingerprint density at radius 3 is 2.11 bits per heavy atom. The molecule has 104 valence electrons. The van der Waals surface area contributed by atoms with Crippen molar-refractivity contribution in [2.45, 2.75) is 59.6 Å². The molecule has 0 saturated heterocycles. The van der Waals surface area contributed by atoms with Crippen molar-refractivity contribution < 1.29 is 14.3 Å². The van der Waals surface area contributed by atoms with Gasteiger partial charge < -0.3 is 10.1 Å². The maximum atomic E-state index is 12.0. The van der Waals surface area contributed by atoms with Gasteiger partial charge in [0.1, 0.15) is 11.6 Å². The molecule has 1 N–H and O–H groups in total. The van der Waals surface area contributed by atoms with Gasteiger partial charge in [0.25, 0.3) is 0 Å². The molecule has 1 saturated carbocycles. The number of rotatable bonds is 4. The lowest BCUT2D eigenvalue weighted by atomic mass is 10.0. The fourth-order valence-electron chi connectivity index (χ4n) is 1.81. The topological polar surface area (TPSA) is 55.4 Å². The average molecular weight is 255 g/mol. The van der Waals surface area contributed by atoms with Crippen LogP contribution >= 0.6 is 0 Å². The summed E-state index contributed by atoms with van der Waals surface area (Å²) in [5.41, 5.74) is -0.526. The quantitative estimate of drug-likeness (QED) is 0.783. The Morgan fingerprint density at radius 2 is 1.78 bits per heavy atom. The molecule has 1 amide bonds. The van der Waals surface area contributed by atoms with E-state index in [0.29, 0.717) is 5.92 Å². The second-order valence-corrected chi connectivity index (χ2v) is 6.58. The lowest BCUT2D eigenvalue weighted by molar-refractivity contribution is -0.160. The number of carbonyl (C=O) groups is 2. The first-order chi connectivity index (χ1) is 8.11. The second-order valence-electron chi connectivity index (χ2n) is 6.58. The van der Waals surface area contributed by atoms with Crippen molar-refractivity contribution in [1.82, 2.24) is 5.32 Å². The lowest BCUT2D eigenvalue weighted by Crippen LogP contribution is -2.47. The fraction of sp³-hybridized carbons (Fsp3) is 0.857. The monoisotopic (exact) mass is 255 g/mol. The summed E-state index contributed by atoms with van der Waals surface area (Å²) >= 11 is 0. The molecule has 1 rings (SSSR count). The summed E-state index contributed by atoms with van der Waals surface area (Å²) in [7, 11) is 0. The summed E-state index contributed by atoms with van der Waals surface area (Å²) < 4.78 is 5.34. The molecule has 0 heterocycles. The minimum Gasteiger partial charge on any atom is -0.458 e. The van der Waals surface area contributed by atoms with E-state index in [1.165, 1.54) is 0 Å². The molecule has 0 aromatic rings. The molecule has 3 atom stereocenters. The van der Waals surface area contributed by atoms with Gasteiger partial charge in [-0.25, -0.2) is 4.79 Å². The van der Waals surface area contributed by atoms with Crippen LogP contribution in [-0.2, 0) is 14.3 Å². The van der Waals surface area contributed by atoms with E-state index >= 15 is 0 Å². The summed E-state index contributed by atoms with van der Waals surface area (Å²) in [6.07, 6.45) is 0.922. The number of amides is 1. The number of hydrogen-bond donors (Lipinski definition) is 1. The van der Waals surface area contributed by atoms with Crippen molar-refractivity contribution in [3.8, 4) is 0 Å². The minimum atomic E-state index is -0.551. The van der Waals surface area contributed by atoms with E-state index < -0.39 is 11.6 Å². The Hall–Kier alpha value is -1.06. The van der Waals surface area contributed by atoms with Crippen molar-refractivity contribution in [3.63, 3.8) is 0 Å². The van der Waals surface area contributed by atoms with Crippen molar-refractivity contribution >= 4 is 11.9 Å². The normalized spacial score (nSPS) is 24.6. The molecule has 0 aliphatic heterocycles. The van der Waals surface area contributed by atoms with Crippen LogP contribution in [0.25, 0.3) is 0 Å². The minimum absolute atomic E-state index is 0.0212. The Labute approximate surface area is 109 Å². The molecule has 2 unspecified atom stereocenters. The van der Waals surface area contributed by atoms with Crippen LogP contribution in [0.2, 0.25) is 0 Å². The van der Waals surface area contributed by atoms with Crippen LogP contribution < -0.4 is 5.32 Å². The molecule has 4 heteroatoms. The van der Waals surface area contributed by atoms with Crippen LogP contribution in [0.3, 0.4) is 0 Å². The van der Waals surface area contributed by atoms with E-state index in [1.54, 1.807) is 0 Å². The Morgan fingerprint density at radius 1 is 1.28 bits per heavy atom. The zero-order valence-electron chi connectivity index (χ0n) is 12.2. The van der Waals surface area contributed by atoms with Gasteiger partial charge in [0, 0.05) is 5.92 Å². The number of hydrogen-bond acceptors (Lipinski definition) is 3. The zero-order chi connectivity index (χ0) is 14.1. The highest BCUT2D eigenvalue weighted by Crippen LogP contribution is 2.37. The Kier molecular flexibility index (Phi) is 4.41. The first-order valence-corrected chi connectivity index (χ1v) is 6.65. The van der Waals surface area contributed by atoms with Gasteiger partial charge in [0.2, 0.25) is 5.91 Å². The summed E-state index contributed by atoms with van der Waals surface area (Å²) in [4.78, 5) is 23.9. The predicted molar refractivity (Wildman–Crippen MR) is 69.9 cm³/mol. The lowest BCUT2D eigenvalue weighted by Gasteiger charge is -2.26. The van der Waals surface area contributed by atoms with Crippen molar-refractivity contribution in [1.29, 1.82) is 0 Å². The molecule has 1 aliphatic rings. The largest absolute Gasteiger partial charge is 0.458 e. The van der Waals surface area contributed by atoms with Gasteiger partial charge in [0.05, 0.1) is 0 Å². The smallest absolute Gasteiger partial charge is 0.329 e. The third kappa shape index (κ3) is 4.31. The predicted octanol–water partition coefficient (Wildman–Crippen LogP) is 2.12. The molecule has 1 fully saturated rings. The molecule has 0 aromatic heterocycles. The molecule has 0 spiro atoms. The Balaban J connectivity index is 2.59. The van der Waals surface area contributed by atoms with Crippen molar-refractivity contribution in [3.05, 3.63) is 0 Å². The van der Waals surface area contributed by atoms with Gasteiger partial charge in [0.15, 0.2) is 0 Å². The number of carbonyl (C=O) groups excluding carboxylic acids is 2. The molecule has 0 aromatic carbocycles. The number of esters is 1. The summed E-state index contributed by atoms with van der Waals surface area (Å²) in [6.45, 7) is 11.3. The van der Waals surface area contributed by atoms with E-state index in [9.17, 15) is 9.59 Å². The fourth-order valence-corrected chi connectivity index (χ4v) is 1.81. The average Bonchev–Trinajstić information content (AvgIpc) is 2.88. The Bertz CT molecular complexity index is 330. The maximum absolute atomic E-state index is 12.0. The highest BCUT2D eigenvalue weighted by molar-refractivity contribution is 5.87. The highest BCUT2D eigenvalue weighted by Gasteiger charge is 2.41. The summed E-state index contributed by atoms with van der Waals surface area (Å²) in [5, 5.41) is 2.82. The number of nitrogens with one attached hydrogen (secondary N) is 1. The molecule has 0 radical (unpaired) electrons. The molecule has 4 nitrogen and oxygen atoms in total. The van der Waals surface area contributed by atoms with Crippen LogP contribution in [0.1, 0.15) is 48.0 Å². The zero-order valence-corrected chi connectivity index (χ0v) is 12.2. The van der Waals surface area contributed by atoms with Gasteiger partial charge in [-0.05, 0) is 39.0 Å². The first kappa shape index (κ1) is 15.0. The van der Waals surface area contributed by atoms with E-state index in [1.807, 2.05) is 41.5 Å². The summed E-state index contributed by atoms with van der Waals surface area (Å²) in [6, 6.07) is -0.551. The van der Waals surface area contributed by atoms with E-state index in [0.717, 1.165) is 6.42 Å². The van der Waals surface area contributed by atoms with Gasteiger partial charge in [-0.1, -0.05) is 20.8 Å². The van der Waals surface area contributed by atoms with Crippen LogP contribution in [0.15, 0.2) is 0 Å². The molecule has 0 bridgehead atoms. The molecule has 1 aliphatic carbocycles. The molecular weight excluding hydrogens is 230 g/mol. The summed E-state index contributed by atoms with van der Waals surface area (Å²) in [5.74, 6) is 0.175. The second kappa shape index (κ2) is 5.29. The van der Waals surface area contributed by atoms with E-state index in [-0.39, 0.29) is 23.7 Å². The van der Waals surface area contributed by atoms with Gasteiger partial charge in [-0.3, -0.25) is 4.79 Å². The third-order valence-electron chi connectivity index (χ3n) is 3.07. The van der Waals surface area contributed by atoms with Crippen LogP contribution in [0.4, 0.5) is 0 Å². The van der Waals surface area contributed by atoms with Gasteiger partial charge >= 0.3 is 5.97 Å². The maximum Gasteiger partial charge on any atom is 0.329 e. The van der Waals surface area contributed by atoms with Crippen LogP contribution in [-0.4, -0.2) is 23.5 Å². The number of ether oxygens (including phenoxy) is 1. The van der Waals surface area contributed by atoms with Gasteiger partial charge in [-0.15, -0.1) is 0 Å². The first-order valence-electron chi connectivity index (χ1n) is 6.65. The van der Waals surface area contributed by atoms with Crippen LogP contribution in [0, 0.1) is 17.8 Å². The third-order valence-corrected chi connectivity index (χ3v) is 3.07.